The summed E-state index contributed by atoms with van der Waals surface area (Å²) in [5.74, 6) is -2.93. The van der Waals surface area contributed by atoms with Crippen LogP contribution >= 0.6 is 15.9 Å². The van der Waals surface area contributed by atoms with Crippen molar-refractivity contribution in [2.75, 3.05) is 5.32 Å². The average molecular weight is 354 g/mol. The van der Waals surface area contributed by atoms with E-state index >= 15 is 0 Å². The fourth-order valence-electron chi connectivity index (χ4n) is 1.66. The van der Waals surface area contributed by atoms with Crippen LogP contribution in [-0.2, 0) is 0 Å². The number of rotatable bonds is 3. The van der Waals surface area contributed by atoms with Gasteiger partial charge in [0.2, 0.25) is 0 Å². The van der Waals surface area contributed by atoms with E-state index in [1.54, 1.807) is 0 Å². The molecule has 2 aromatic rings. The summed E-state index contributed by atoms with van der Waals surface area (Å²) < 4.78 is 13.4. The van der Waals surface area contributed by atoms with Gasteiger partial charge in [0.1, 0.15) is 17.1 Å². The molecule has 0 spiro atoms. The maximum absolute atomic E-state index is 13.4. The smallest absolute Gasteiger partial charge is 0.339 e. The molecule has 0 bridgehead atoms. The number of carboxylic acids is 1. The van der Waals surface area contributed by atoms with Crippen molar-refractivity contribution in [3.63, 3.8) is 0 Å². The van der Waals surface area contributed by atoms with Crippen molar-refractivity contribution >= 4 is 33.5 Å². The molecule has 21 heavy (non-hydrogen) atoms. The van der Waals surface area contributed by atoms with Gasteiger partial charge in [-0.1, -0.05) is 6.07 Å². The Balaban J connectivity index is 2.30. The van der Waals surface area contributed by atoms with Gasteiger partial charge in [0.15, 0.2) is 0 Å². The number of phenols is 1. The van der Waals surface area contributed by atoms with E-state index < -0.39 is 23.4 Å². The highest BCUT2D eigenvalue weighted by Gasteiger charge is 2.15. The molecule has 0 aliphatic heterocycles. The third kappa shape index (κ3) is 3.19. The molecule has 108 valence electrons. The third-order valence-electron chi connectivity index (χ3n) is 2.68. The highest BCUT2D eigenvalue weighted by molar-refractivity contribution is 9.10. The molecule has 0 saturated carbocycles. The highest BCUT2D eigenvalue weighted by Crippen LogP contribution is 2.24. The van der Waals surface area contributed by atoms with Crippen LogP contribution in [0.2, 0.25) is 0 Å². The third-order valence-corrected chi connectivity index (χ3v) is 3.49. The molecule has 2 aromatic carbocycles. The number of aromatic hydroxyl groups is 1. The number of anilines is 1. The van der Waals surface area contributed by atoms with Crippen LogP contribution in [0.25, 0.3) is 0 Å². The summed E-state index contributed by atoms with van der Waals surface area (Å²) in [6.45, 7) is 0. The van der Waals surface area contributed by atoms with Crippen LogP contribution in [0.15, 0.2) is 40.9 Å². The fourth-order valence-corrected chi connectivity index (χ4v) is 2.11. The number of carbonyl (C=O) groups is 2. The van der Waals surface area contributed by atoms with Gasteiger partial charge in [-0.15, -0.1) is 0 Å². The van der Waals surface area contributed by atoms with Gasteiger partial charge in [-0.2, -0.15) is 0 Å². The van der Waals surface area contributed by atoms with Crippen molar-refractivity contribution < 1.29 is 24.2 Å². The molecular formula is C14H9BrFNO4. The van der Waals surface area contributed by atoms with E-state index in [-0.39, 0.29) is 21.3 Å². The molecule has 7 heteroatoms. The Bertz CT molecular complexity index is 733. The molecule has 0 aliphatic carbocycles. The summed E-state index contributed by atoms with van der Waals surface area (Å²) >= 11 is 2.97. The second-order valence-electron chi connectivity index (χ2n) is 4.09. The van der Waals surface area contributed by atoms with E-state index in [0.29, 0.717) is 0 Å². The van der Waals surface area contributed by atoms with Crippen molar-refractivity contribution in [3.05, 3.63) is 57.8 Å². The normalized spacial score (nSPS) is 10.2. The largest absolute Gasteiger partial charge is 0.507 e. The van der Waals surface area contributed by atoms with E-state index in [1.165, 1.54) is 24.3 Å². The van der Waals surface area contributed by atoms with Crippen molar-refractivity contribution in [3.8, 4) is 5.75 Å². The number of carboxylic acid groups (broad SMARTS) is 1. The molecule has 0 fully saturated rings. The van der Waals surface area contributed by atoms with Gasteiger partial charge in [0, 0.05) is 5.69 Å². The molecule has 0 atom stereocenters. The Morgan fingerprint density at radius 1 is 1.14 bits per heavy atom. The van der Waals surface area contributed by atoms with E-state index in [0.717, 1.165) is 12.1 Å². The first-order valence-electron chi connectivity index (χ1n) is 5.72. The molecule has 3 N–H and O–H groups in total. The van der Waals surface area contributed by atoms with Crippen molar-refractivity contribution in [2.24, 2.45) is 0 Å². The SMILES string of the molecule is O=C(O)c1cc(NC(=O)c2cccc(F)c2Br)ccc1O. The Labute approximate surface area is 127 Å². The van der Waals surface area contributed by atoms with E-state index in [1.807, 2.05) is 0 Å². The Kier molecular flexibility index (Phi) is 4.23. The zero-order chi connectivity index (χ0) is 15.6. The van der Waals surface area contributed by atoms with Gasteiger partial charge in [-0.25, -0.2) is 9.18 Å². The van der Waals surface area contributed by atoms with Gasteiger partial charge in [0.25, 0.3) is 5.91 Å². The Hall–Kier alpha value is -2.41. The monoisotopic (exact) mass is 353 g/mol. The highest BCUT2D eigenvalue weighted by atomic mass is 79.9. The first-order chi connectivity index (χ1) is 9.90. The molecular weight excluding hydrogens is 345 g/mol. The first-order valence-corrected chi connectivity index (χ1v) is 6.51. The van der Waals surface area contributed by atoms with E-state index in [4.69, 9.17) is 5.11 Å². The van der Waals surface area contributed by atoms with E-state index in [9.17, 15) is 19.1 Å². The summed E-state index contributed by atoms with van der Waals surface area (Å²) in [7, 11) is 0. The van der Waals surface area contributed by atoms with Crippen molar-refractivity contribution in [1.82, 2.24) is 0 Å². The molecule has 0 aliphatic rings. The predicted molar refractivity (Wildman–Crippen MR) is 77.1 cm³/mol. The number of hydrogen-bond donors (Lipinski definition) is 3. The average Bonchev–Trinajstić information content (AvgIpc) is 2.43. The van der Waals surface area contributed by atoms with Gasteiger partial charge in [0.05, 0.1) is 10.0 Å². The van der Waals surface area contributed by atoms with Crippen LogP contribution < -0.4 is 5.32 Å². The minimum Gasteiger partial charge on any atom is -0.507 e. The van der Waals surface area contributed by atoms with Gasteiger partial charge < -0.3 is 15.5 Å². The lowest BCUT2D eigenvalue weighted by Crippen LogP contribution is -2.13. The number of benzene rings is 2. The fraction of sp³-hybridized carbons (Fsp3) is 0. The van der Waals surface area contributed by atoms with Crippen LogP contribution in [-0.4, -0.2) is 22.1 Å². The van der Waals surface area contributed by atoms with Crippen LogP contribution in [0.5, 0.6) is 5.75 Å². The standard InChI is InChI=1S/C14H9BrFNO4/c15-12-8(2-1-3-10(12)16)13(19)17-7-4-5-11(18)9(6-7)14(20)21/h1-6,18H,(H,17,19)(H,20,21). The van der Waals surface area contributed by atoms with Crippen LogP contribution in [0.4, 0.5) is 10.1 Å². The molecule has 2 rings (SSSR count). The van der Waals surface area contributed by atoms with Crippen LogP contribution in [0.3, 0.4) is 0 Å². The number of halogens is 2. The number of aromatic carboxylic acids is 1. The summed E-state index contributed by atoms with van der Waals surface area (Å²) in [4.78, 5) is 22.9. The lowest BCUT2D eigenvalue weighted by atomic mass is 10.1. The molecule has 0 unspecified atom stereocenters. The zero-order valence-electron chi connectivity index (χ0n) is 10.4. The van der Waals surface area contributed by atoms with Gasteiger partial charge in [-0.05, 0) is 46.3 Å². The maximum Gasteiger partial charge on any atom is 0.339 e. The molecule has 0 heterocycles. The van der Waals surface area contributed by atoms with Gasteiger partial charge in [-0.3, -0.25) is 4.79 Å². The van der Waals surface area contributed by atoms with Crippen molar-refractivity contribution in [1.29, 1.82) is 0 Å². The predicted octanol–water partition coefficient (Wildman–Crippen LogP) is 3.24. The lowest BCUT2D eigenvalue weighted by Gasteiger charge is -2.08. The summed E-state index contributed by atoms with van der Waals surface area (Å²) in [6, 6.07) is 7.61. The summed E-state index contributed by atoms with van der Waals surface area (Å²) in [5.41, 5.74) is -0.0996. The molecule has 0 saturated heterocycles. The number of hydrogen-bond acceptors (Lipinski definition) is 3. The molecule has 5 nitrogen and oxygen atoms in total. The second kappa shape index (κ2) is 5.92. The van der Waals surface area contributed by atoms with Gasteiger partial charge >= 0.3 is 5.97 Å². The Morgan fingerprint density at radius 3 is 2.52 bits per heavy atom. The van der Waals surface area contributed by atoms with E-state index in [2.05, 4.69) is 21.2 Å². The topological polar surface area (TPSA) is 86.6 Å². The summed E-state index contributed by atoms with van der Waals surface area (Å²) in [6.07, 6.45) is 0. The molecule has 0 radical (unpaired) electrons. The second-order valence-corrected chi connectivity index (χ2v) is 4.89. The maximum atomic E-state index is 13.4. The molecule has 1 amide bonds. The quantitative estimate of drug-likeness (QED) is 0.739. The minimum atomic E-state index is -1.32. The Morgan fingerprint density at radius 2 is 1.86 bits per heavy atom. The van der Waals surface area contributed by atoms with Crippen molar-refractivity contribution in [2.45, 2.75) is 0 Å². The minimum absolute atomic E-state index is 0.0136. The molecule has 0 aromatic heterocycles. The summed E-state index contributed by atoms with van der Waals surface area (Å²) in [5, 5.41) is 20.7. The number of carbonyl (C=O) groups excluding carboxylic acids is 1. The van der Waals surface area contributed by atoms with Crippen LogP contribution in [0.1, 0.15) is 20.7 Å². The first kappa shape index (κ1) is 15.0. The lowest BCUT2D eigenvalue weighted by molar-refractivity contribution is 0.0693. The van der Waals surface area contributed by atoms with Crippen LogP contribution in [0, 0.1) is 5.82 Å². The number of amides is 1. The zero-order valence-corrected chi connectivity index (χ0v) is 12.0. The number of nitrogens with one attached hydrogen (secondary N) is 1.